The van der Waals surface area contributed by atoms with Crippen molar-refractivity contribution in [3.63, 3.8) is 0 Å². The van der Waals surface area contributed by atoms with Crippen molar-refractivity contribution in [2.45, 2.75) is 72.3 Å². The lowest BCUT2D eigenvalue weighted by Gasteiger charge is -2.25. The third-order valence-electron chi connectivity index (χ3n) is 4.43. The molecule has 2 unspecified atom stereocenters. The summed E-state index contributed by atoms with van der Waals surface area (Å²) in [5.41, 5.74) is 6.74. The van der Waals surface area contributed by atoms with Gasteiger partial charge in [0.15, 0.2) is 5.78 Å². The summed E-state index contributed by atoms with van der Waals surface area (Å²) < 4.78 is 0. The zero-order valence-electron chi connectivity index (χ0n) is 15.7. The molecule has 0 radical (unpaired) electrons. The van der Waals surface area contributed by atoms with E-state index in [-0.39, 0.29) is 23.9 Å². The predicted molar refractivity (Wildman–Crippen MR) is 99.8 cm³/mol. The van der Waals surface area contributed by atoms with E-state index in [1.54, 1.807) is 0 Å². The first-order valence-corrected chi connectivity index (χ1v) is 9.12. The molecule has 0 saturated heterocycles. The molecule has 0 fully saturated rings. The van der Waals surface area contributed by atoms with Gasteiger partial charge in [0.2, 0.25) is 0 Å². The molecule has 0 spiro atoms. The molecule has 0 aromatic heterocycles. The van der Waals surface area contributed by atoms with Gasteiger partial charge in [-0.3, -0.25) is 9.59 Å². The number of hydrogen-bond acceptors (Lipinski definition) is 3. The van der Waals surface area contributed by atoms with Crippen molar-refractivity contribution in [3.8, 4) is 0 Å². The van der Waals surface area contributed by atoms with Crippen LogP contribution in [0.5, 0.6) is 0 Å². The molecule has 0 bridgehead atoms. The van der Waals surface area contributed by atoms with Crippen LogP contribution in [0.3, 0.4) is 0 Å². The monoisotopic (exact) mass is 331 g/mol. The number of Topliss-reactive ketones (excluding diaryl/α,β-unsaturated/α-hetero) is 2. The van der Waals surface area contributed by atoms with Crippen LogP contribution in [0.4, 0.5) is 0 Å². The summed E-state index contributed by atoms with van der Waals surface area (Å²) in [6.07, 6.45) is 4.78. The molecule has 1 rings (SSSR count). The SMILES string of the molecule is CCCCCC(CC(=O)C(N)Cc1ccccc1)C(=O)C(C)(C)C. The Bertz CT molecular complexity index is 516. The highest BCUT2D eigenvalue weighted by atomic mass is 16.1. The maximum absolute atomic E-state index is 12.7. The largest absolute Gasteiger partial charge is 0.321 e. The number of ketones is 2. The Hall–Kier alpha value is -1.48. The van der Waals surface area contributed by atoms with E-state index in [4.69, 9.17) is 5.73 Å². The second-order valence-corrected chi connectivity index (χ2v) is 7.77. The molecule has 24 heavy (non-hydrogen) atoms. The van der Waals surface area contributed by atoms with Gasteiger partial charge in [0.1, 0.15) is 5.78 Å². The van der Waals surface area contributed by atoms with E-state index in [9.17, 15) is 9.59 Å². The van der Waals surface area contributed by atoms with Gasteiger partial charge in [-0.2, -0.15) is 0 Å². The average molecular weight is 332 g/mol. The third kappa shape index (κ3) is 6.96. The van der Waals surface area contributed by atoms with Crippen molar-refractivity contribution >= 4 is 11.6 Å². The lowest BCUT2D eigenvalue weighted by atomic mass is 9.78. The van der Waals surface area contributed by atoms with Gasteiger partial charge >= 0.3 is 0 Å². The van der Waals surface area contributed by atoms with E-state index in [0.29, 0.717) is 6.42 Å². The summed E-state index contributed by atoms with van der Waals surface area (Å²) in [4.78, 5) is 25.2. The maximum Gasteiger partial charge on any atom is 0.150 e. The maximum atomic E-state index is 12.7. The van der Waals surface area contributed by atoms with Crippen LogP contribution in [0, 0.1) is 11.3 Å². The molecule has 3 nitrogen and oxygen atoms in total. The quantitative estimate of drug-likeness (QED) is 0.649. The minimum atomic E-state index is -0.533. The Labute approximate surface area is 147 Å². The van der Waals surface area contributed by atoms with Gasteiger partial charge in [0.25, 0.3) is 0 Å². The minimum Gasteiger partial charge on any atom is -0.321 e. The Balaban J connectivity index is 2.69. The van der Waals surface area contributed by atoms with Gasteiger partial charge in [-0.05, 0) is 18.4 Å². The highest BCUT2D eigenvalue weighted by Gasteiger charge is 2.31. The summed E-state index contributed by atoms with van der Waals surface area (Å²) in [6, 6.07) is 9.27. The van der Waals surface area contributed by atoms with Gasteiger partial charge < -0.3 is 5.73 Å². The van der Waals surface area contributed by atoms with Gasteiger partial charge in [0.05, 0.1) is 6.04 Å². The second kappa shape index (κ2) is 9.73. The van der Waals surface area contributed by atoms with Crippen LogP contribution in [0.25, 0.3) is 0 Å². The zero-order chi connectivity index (χ0) is 18.2. The van der Waals surface area contributed by atoms with E-state index < -0.39 is 11.5 Å². The first kappa shape index (κ1) is 20.6. The Morgan fingerprint density at radius 3 is 2.25 bits per heavy atom. The number of benzene rings is 1. The highest BCUT2D eigenvalue weighted by molar-refractivity contribution is 5.92. The summed E-state index contributed by atoms with van der Waals surface area (Å²) in [7, 11) is 0. The minimum absolute atomic E-state index is 0.00190. The van der Waals surface area contributed by atoms with E-state index in [2.05, 4.69) is 6.92 Å². The predicted octanol–water partition coefficient (Wildman–Crippen LogP) is 4.33. The number of rotatable bonds is 10. The third-order valence-corrected chi connectivity index (χ3v) is 4.43. The summed E-state index contributed by atoms with van der Waals surface area (Å²) in [5.74, 6) is -0.0253. The smallest absolute Gasteiger partial charge is 0.150 e. The summed E-state index contributed by atoms with van der Waals surface area (Å²) >= 11 is 0. The molecule has 0 aliphatic heterocycles. The standard InChI is InChI=1S/C21H33NO2/c1-5-6-8-13-17(20(24)21(2,3)4)15-19(23)18(22)14-16-11-9-7-10-12-16/h7,9-12,17-18H,5-6,8,13-15,22H2,1-4H3. The fourth-order valence-corrected chi connectivity index (χ4v) is 2.96. The zero-order valence-corrected chi connectivity index (χ0v) is 15.7. The lowest BCUT2D eigenvalue weighted by molar-refractivity contribution is -0.134. The van der Waals surface area contributed by atoms with Crippen LogP contribution in [0.15, 0.2) is 30.3 Å². The topological polar surface area (TPSA) is 60.2 Å². The molecule has 0 amide bonds. The van der Waals surface area contributed by atoms with Crippen LogP contribution >= 0.6 is 0 Å². The fourth-order valence-electron chi connectivity index (χ4n) is 2.96. The molecule has 1 aromatic rings. The van der Waals surface area contributed by atoms with E-state index >= 15 is 0 Å². The van der Waals surface area contributed by atoms with Gasteiger partial charge in [-0.1, -0.05) is 77.3 Å². The number of unbranched alkanes of at least 4 members (excludes halogenated alkanes) is 2. The number of nitrogens with two attached hydrogens (primary N) is 1. The average Bonchev–Trinajstić information content (AvgIpc) is 2.53. The van der Waals surface area contributed by atoms with Crippen LogP contribution in [-0.4, -0.2) is 17.6 Å². The van der Waals surface area contributed by atoms with Crippen molar-refractivity contribution in [1.29, 1.82) is 0 Å². The number of hydrogen-bond donors (Lipinski definition) is 1. The number of carbonyl (C=O) groups is 2. The molecule has 3 heteroatoms. The molecule has 0 heterocycles. The van der Waals surface area contributed by atoms with Crippen LogP contribution < -0.4 is 5.73 Å². The Morgan fingerprint density at radius 2 is 1.71 bits per heavy atom. The van der Waals surface area contributed by atoms with Crippen molar-refractivity contribution in [2.24, 2.45) is 17.1 Å². The molecule has 1 aromatic carbocycles. The Kier molecular flexibility index (Phi) is 8.34. The van der Waals surface area contributed by atoms with Crippen molar-refractivity contribution < 1.29 is 9.59 Å². The number of carbonyl (C=O) groups excluding carboxylic acids is 2. The fraction of sp³-hybridized carbons (Fsp3) is 0.619. The summed E-state index contributed by atoms with van der Waals surface area (Å²) in [6.45, 7) is 7.92. The first-order chi connectivity index (χ1) is 11.3. The lowest BCUT2D eigenvalue weighted by Crippen LogP contribution is -2.37. The van der Waals surface area contributed by atoms with E-state index in [1.807, 2.05) is 51.1 Å². The molecular weight excluding hydrogens is 298 g/mol. The first-order valence-electron chi connectivity index (χ1n) is 9.12. The molecule has 2 atom stereocenters. The van der Waals surface area contributed by atoms with Crippen molar-refractivity contribution in [2.75, 3.05) is 0 Å². The van der Waals surface area contributed by atoms with Gasteiger partial charge in [0, 0.05) is 17.8 Å². The molecule has 0 aliphatic rings. The summed E-state index contributed by atoms with van der Waals surface area (Å²) in [5, 5.41) is 0. The molecular formula is C21H33NO2. The van der Waals surface area contributed by atoms with Crippen LogP contribution in [0.1, 0.15) is 65.4 Å². The van der Waals surface area contributed by atoms with Gasteiger partial charge in [-0.15, -0.1) is 0 Å². The van der Waals surface area contributed by atoms with Gasteiger partial charge in [-0.25, -0.2) is 0 Å². The van der Waals surface area contributed by atoms with Crippen LogP contribution in [-0.2, 0) is 16.0 Å². The highest BCUT2D eigenvalue weighted by Crippen LogP contribution is 2.27. The molecule has 2 N–H and O–H groups in total. The molecule has 0 aliphatic carbocycles. The van der Waals surface area contributed by atoms with Crippen LogP contribution in [0.2, 0.25) is 0 Å². The molecule has 134 valence electrons. The Morgan fingerprint density at radius 1 is 1.08 bits per heavy atom. The van der Waals surface area contributed by atoms with E-state index in [1.165, 1.54) is 0 Å². The van der Waals surface area contributed by atoms with Crippen molar-refractivity contribution in [3.05, 3.63) is 35.9 Å². The van der Waals surface area contributed by atoms with E-state index in [0.717, 1.165) is 31.2 Å². The second-order valence-electron chi connectivity index (χ2n) is 7.77. The van der Waals surface area contributed by atoms with Crippen molar-refractivity contribution in [1.82, 2.24) is 0 Å². The molecule has 0 saturated carbocycles. The normalized spacial score (nSPS) is 14.2.